The second-order valence-corrected chi connectivity index (χ2v) is 4.82. The summed E-state index contributed by atoms with van der Waals surface area (Å²) in [6.45, 7) is 0.691. The van der Waals surface area contributed by atoms with Gasteiger partial charge in [0.1, 0.15) is 6.54 Å². The van der Waals surface area contributed by atoms with E-state index >= 15 is 0 Å². The molecule has 0 bridgehead atoms. The summed E-state index contributed by atoms with van der Waals surface area (Å²) in [6.07, 6.45) is -1.82. The second-order valence-electron chi connectivity index (χ2n) is 4.82. The Labute approximate surface area is 118 Å². The first kappa shape index (κ1) is 15.6. The number of nitrogens with zero attached hydrogens (tertiary/aromatic N) is 1. The fourth-order valence-corrected chi connectivity index (χ4v) is 2.06. The number of aromatic nitrogens is 1. The Morgan fingerprint density at radius 2 is 2.24 bits per heavy atom. The van der Waals surface area contributed by atoms with E-state index in [9.17, 15) is 22.8 Å². The molecule has 5 nitrogen and oxygen atoms in total. The standard InChI is InChI=1S/C13H15F3N2O3/c14-13(15,16)9-3-4-18(12(20)6-9)8-11(19)17-7-10-2-1-5-21-10/h3-4,6,10H,1-2,5,7-8H2,(H,17,19)/t10-/m1/s1. The fraction of sp³-hybridized carbons (Fsp3) is 0.538. The highest BCUT2D eigenvalue weighted by Gasteiger charge is 2.31. The highest BCUT2D eigenvalue weighted by molar-refractivity contribution is 5.75. The molecule has 1 atom stereocenters. The van der Waals surface area contributed by atoms with Gasteiger partial charge >= 0.3 is 6.18 Å². The molecule has 0 aliphatic carbocycles. The Hall–Kier alpha value is -1.83. The summed E-state index contributed by atoms with van der Waals surface area (Å²) in [6, 6.07) is 1.25. The molecule has 0 spiro atoms. The van der Waals surface area contributed by atoms with Crippen LogP contribution >= 0.6 is 0 Å². The Morgan fingerprint density at radius 1 is 1.48 bits per heavy atom. The summed E-state index contributed by atoms with van der Waals surface area (Å²) < 4.78 is 43.5. The third kappa shape index (κ3) is 4.32. The van der Waals surface area contributed by atoms with Gasteiger partial charge < -0.3 is 14.6 Å². The molecule has 1 aromatic heterocycles. The zero-order valence-corrected chi connectivity index (χ0v) is 11.2. The van der Waals surface area contributed by atoms with E-state index in [1.165, 1.54) is 0 Å². The van der Waals surface area contributed by atoms with Gasteiger partial charge in [0, 0.05) is 25.4 Å². The highest BCUT2D eigenvalue weighted by Crippen LogP contribution is 2.27. The van der Waals surface area contributed by atoms with E-state index < -0.39 is 23.2 Å². The molecular formula is C13H15F3N2O3. The maximum absolute atomic E-state index is 12.4. The van der Waals surface area contributed by atoms with E-state index in [0.717, 1.165) is 29.7 Å². The summed E-state index contributed by atoms with van der Waals surface area (Å²) in [5.74, 6) is -0.438. The van der Waals surface area contributed by atoms with E-state index in [1.807, 2.05) is 0 Å². The van der Waals surface area contributed by atoms with Crippen molar-refractivity contribution in [2.24, 2.45) is 0 Å². The molecule has 116 valence electrons. The third-order valence-electron chi connectivity index (χ3n) is 3.19. The van der Waals surface area contributed by atoms with Gasteiger partial charge in [-0.3, -0.25) is 9.59 Å². The van der Waals surface area contributed by atoms with Crippen molar-refractivity contribution in [2.45, 2.75) is 31.7 Å². The average Bonchev–Trinajstić information content (AvgIpc) is 2.91. The van der Waals surface area contributed by atoms with Crippen molar-refractivity contribution in [3.8, 4) is 0 Å². The van der Waals surface area contributed by atoms with E-state index in [-0.39, 0.29) is 12.6 Å². The van der Waals surface area contributed by atoms with E-state index in [0.29, 0.717) is 19.2 Å². The summed E-state index contributed by atoms with van der Waals surface area (Å²) in [5.41, 5.74) is -1.89. The van der Waals surface area contributed by atoms with Crippen molar-refractivity contribution in [2.75, 3.05) is 13.2 Å². The number of halogens is 3. The Kier molecular flexibility index (Phi) is 4.66. The third-order valence-corrected chi connectivity index (χ3v) is 3.19. The molecule has 1 aromatic rings. The summed E-state index contributed by atoms with van der Waals surface area (Å²) >= 11 is 0. The monoisotopic (exact) mass is 304 g/mol. The number of carbonyl (C=O) groups is 1. The first-order chi connectivity index (χ1) is 9.86. The van der Waals surface area contributed by atoms with Crippen molar-refractivity contribution >= 4 is 5.91 Å². The smallest absolute Gasteiger partial charge is 0.376 e. The number of nitrogens with one attached hydrogen (secondary N) is 1. The molecule has 1 amide bonds. The van der Waals surface area contributed by atoms with Gasteiger partial charge in [-0.25, -0.2) is 0 Å². The minimum absolute atomic E-state index is 0.0294. The van der Waals surface area contributed by atoms with Gasteiger partial charge in [0.2, 0.25) is 5.91 Å². The number of alkyl halides is 3. The van der Waals surface area contributed by atoms with Crippen LogP contribution in [0.5, 0.6) is 0 Å². The average molecular weight is 304 g/mol. The highest BCUT2D eigenvalue weighted by atomic mass is 19.4. The van der Waals surface area contributed by atoms with Gasteiger partial charge in [0.15, 0.2) is 0 Å². The first-order valence-corrected chi connectivity index (χ1v) is 6.52. The van der Waals surface area contributed by atoms with Crippen LogP contribution in [0.3, 0.4) is 0 Å². The van der Waals surface area contributed by atoms with Gasteiger partial charge in [-0.05, 0) is 18.9 Å². The Morgan fingerprint density at radius 3 is 2.81 bits per heavy atom. The zero-order chi connectivity index (χ0) is 15.5. The van der Waals surface area contributed by atoms with Gasteiger partial charge in [-0.15, -0.1) is 0 Å². The van der Waals surface area contributed by atoms with Crippen molar-refractivity contribution in [1.29, 1.82) is 0 Å². The summed E-state index contributed by atoms with van der Waals surface area (Å²) in [4.78, 5) is 23.2. The molecule has 2 rings (SSSR count). The Balaban J connectivity index is 1.93. The largest absolute Gasteiger partial charge is 0.416 e. The maximum atomic E-state index is 12.4. The molecule has 1 N–H and O–H groups in total. The van der Waals surface area contributed by atoms with Crippen molar-refractivity contribution in [1.82, 2.24) is 9.88 Å². The van der Waals surface area contributed by atoms with Crippen LogP contribution in [-0.4, -0.2) is 29.7 Å². The Bertz CT molecular complexity index is 563. The van der Waals surface area contributed by atoms with Gasteiger partial charge in [0.25, 0.3) is 5.56 Å². The van der Waals surface area contributed by atoms with Crippen molar-refractivity contribution in [3.63, 3.8) is 0 Å². The molecule has 1 aliphatic rings. The lowest BCUT2D eigenvalue weighted by Gasteiger charge is -2.12. The molecule has 1 fully saturated rings. The number of rotatable bonds is 4. The maximum Gasteiger partial charge on any atom is 0.416 e. The lowest BCUT2D eigenvalue weighted by Crippen LogP contribution is -2.36. The van der Waals surface area contributed by atoms with Crippen molar-refractivity contribution < 1.29 is 22.7 Å². The van der Waals surface area contributed by atoms with Crippen LogP contribution in [0.4, 0.5) is 13.2 Å². The van der Waals surface area contributed by atoms with Crippen LogP contribution in [0.15, 0.2) is 23.1 Å². The molecule has 21 heavy (non-hydrogen) atoms. The quantitative estimate of drug-likeness (QED) is 0.908. The fourth-order valence-electron chi connectivity index (χ4n) is 2.06. The molecule has 0 radical (unpaired) electrons. The number of pyridine rings is 1. The molecule has 1 saturated heterocycles. The molecule has 8 heteroatoms. The van der Waals surface area contributed by atoms with Crippen LogP contribution in [0, 0.1) is 0 Å². The topological polar surface area (TPSA) is 60.3 Å². The number of ether oxygens (including phenoxy) is 1. The SMILES string of the molecule is O=C(Cn1ccc(C(F)(F)F)cc1=O)NC[C@H]1CCCO1. The number of amides is 1. The normalized spacial score (nSPS) is 18.7. The predicted octanol–water partition coefficient (Wildman–Crippen LogP) is 1.16. The summed E-state index contributed by atoms with van der Waals surface area (Å²) in [7, 11) is 0. The van der Waals surface area contributed by atoms with E-state index in [2.05, 4.69) is 5.32 Å². The predicted molar refractivity (Wildman–Crippen MR) is 67.7 cm³/mol. The molecule has 1 aliphatic heterocycles. The van der Waals surface area contributed by atoms with E-state index in [4.69, 9.17) is 4.74 Å². The molecule has 0 aromatic carbocycles. The van der Waals surface area contributed by atoms with E-state index in [1.54, 1.807) is 0 Å². The second kappa shape index (κ2) is 6.30. The zero-order valence-electron chi connectivity index (χ0n) is 11.2. The molecular weight excluding hydrogens is 289 g/mol. The van der Waals surface area contributed by atoms with Crippen molar-refractivity contribution in [3.05, 3.63) is 34.2 Å². The van der Waals surface area contributed by atoms with Crippen LogP contribution < -0.4 is 10.9 Å². The minimum Gasteiger partial charge on any atom is -0.376 e. The summed E-state index contributed by atoms with van der Waals surface area (Å²) in [5, 5.41) is 2.60. The molecule has 0 saturated carbocycles. The van der Waals surface area contributed by atoms with Crippen LogP contribution in [0.1, 0.15) is 18.4 Å². The van der Waals surface area contributed by atoms with Crippen LogP contribution in [-0.2, 0) is 22.3 Å². The lowest BCUT2D eigenvalue weighted by atomic mass is 10.2. The first-order valence-electron chi connectivity index (χ1n) is 6.52. The minimum atomic E-state index is -4.57. The van der Waals surface area contributed by atoms with Crippen LogP contribution in [0.2, 0.25) is 0 Å². The van der Waals surface area contributed by atoms with Gasteiger partial charge in [0.05, 0.1) is 11.7 Å². The van der Waals surface area contributed by atoms with Gasteiger partial charge in [-0.2, -0.15) is 13.2 Å². The number of hydrogen-bond acceptors (Lipinski definition) is 3. The number of hydrogen-bond donors (Lipinski definition) is 1. The number of carbonyl (C=O) groups excluding carboxylic acids is 1. The molecule has 2 heterocycles. The van der Waals surface area contributed by atoms with Crippen LogP contribution in [0.25, 0.3) is 0 Å². The molecule has 0 unspecified atom stereocenters. The van der Waals surface area contributed by atoms with Gasteiger partial charge in [-0.1, -0.05) is 0 Å². The lowest BCUT2D eigenvalue weighted by molar-refractivity contribution is -0.137.